The van der Waals surface area contributed by atoms with Crippen LogP contribution in [0.15, 0.2) is 0 Å². The molecule has 1 rings (SSSR count). The van der Waals surface area contributed by atoms with Gasteiger partial charge in [0.2, 0.25) is 0 Å². The first-order valence-corrected chi connectivity index (χ1v) is 5.81. The van der Waals surface area contributed by atoms with Gasteiger partial charge in [-0.15, -0.1) is 0 Å². The molecule has 0 atom stereocenters. The number of methoxy groups -OCH3 is 1. The summed E-state index contributed by atoms with van der Waals surface area (Å²) in [6, 6.07) is 0.662. The van der Waals surface area contributed by atoms with Gasteiger partial charge in [-0.1, -0.05) is 0 Å². The van der Waals surface area contributed by atoms with Crippen LogP contribution in [0.3, 0.4) is 0 Å². The Kier molecular flexibility index (Phi) is 6.92. The fourth-order valence-electron chi connectivity index (χ4n) is 1.72. The monoisotopic (exact) mass is 216 g/mol. The van der Waals surface area contributed by atoms with Gasteiger partial charge in [-0.3, -0.25) is 0 Å². The van der Waals surface area contributed by atoms with Crippen molar-refractivity contribution in [2.24, 2.45) is 0 Å². The zero-order valence-electron chi connectivity index (χ0n) is 10.00. The van der Waals surface area contributed by atoms with E-state index in [0.29, 0.717) is 6.04 Å². The SMILES string of the molecule is COCCN(C)CCNC1CCOCC1. The Hall–Kier alpha value is -0.160. The van der Waals surface area contributed by atoms with Gasteiger partial charge in [0, 0.05) is 46.0 Å². The Morgan fingerprint density at radius 1 is 1.33 bits per heavy atom. The van der Waals surface area contributed by atoms with Crippen molar-refractivity contribution in [1.82, 2.24) is 10.2 Å². The summed E-state index contributed by atoms with van der Waals surface area (Å²) in [6.07, 6.45) is 2.31. The summed E-state index contributed by atoms with van der Waals surface area (Å²) in [5, 5.41) is 3.57. The molecule has 0 aromatic heterocycles. The highest BCUT2D eigenvalue weighted by molar-refractivity contribution is 4.70. The summed E-state index contributed by atoms with van der Waals surface area (Å²) < 4.78 is 10.3. The van der Waals surface area contributed by atoms with E-state index in [1.807, 2.05) is 0 Å². The maximum Gasteiger partial charge on any atom is 0.0589 e. The van der Waals surface area contributed by atoms with E-state index in [0.717, 1.165) is 52.3 Å². The van der Waals surface area contributed by atoms with E-state index in [4.69, 9.17) is 9.47 Å². The third kappa shape index (κ3) is 6.10. The molecule has 0 unspecified atom stereocenters. The summed E-state index contributed by atoms with van der Waals surface area (Å²) in [7, 11) is 3.87. The van der Waals surface area contributed by atoms with Gasteiger partial charge in [0.1, 0.15) is 0 Å². The molecule has 0 amide bonds. The maximum atomic E-state index is 5.31. The number of nitrogens with zero attached hydrogens (tertiary/aromatic N) is 1. The number of rotatable bonds is 7. The lowest BCUT2D eigenvalue weighted by atomic mass is 10.1. The molecule has 4 heteroatoms. The van der Waals surface area contributed by atoms with Crippen LogP contribution in [-0.2, 0) is 9.47 Å². The third-order valence-electron chi connectivity index (χ3n) is 2.82. The number of hydrogen-bond acceptors (Lipinski definition) is 4. The van der Waals surface area contributed by atoms with Crippen molar-refractivity contribution in [3.8, 4) is 0 Å². The Balaban J connectivity index is 1.94. The first kappa shape index (κ1) is 12.9. The molecule has 0 aromatic rings. The van der Waals surface area contributed by atoms with Crippen LogP contribution in [0.1, 0.15) is 12.8 Å². The second kappa shape index (κ2) is 8.05. The molecule has 0 spiro atoms. The summed E-state index contributed by atoms with van der Waals surface area (Å²) in [5.41, 5.74) is 0. The highest BCUT2D eigenvalue weighted by atomic mass is 16.5. The Morgan fingerprint density at radius 2 is 2.07 bits per heavy atom. The van der Waals surface area contributed by atoms with Crippen LogP contribution in [0, 0.1) is 0 Å². The average Bonchev–Trinajstić information content (AvgIpc) is 2.28. The number of nitrogens with one attached hydrogen (secondary N) is 1. The molecular formula is C11H24N2O2. The van der Waals surface area contributed by atoms with Crippen molar-refractivity contribution < 1.29 is 9.47 Å². The average molecular weight is 216 g/mol. The van der Waals surface area contributed by atoms with Crippen molar-refractivity contribution in [3.05, 3.63) is 0 Å². The quantitative estimate of drug-likeness (QED) is 0.665. The zero-order chi connectivity index (χ0) is 10.9. The predicted molar refractivity (Wildman–Crippen MR) is 61.2 cm³/mol. The lowest BCUT2D eigenvalue weighted by Gasteiger charge is -2.24. The van der Waals surface area contributed by atoms with E-state index in [2.05, 4.69) is 17.3 Å². The van der Waals surface area contributed by atoms with Crippen LogP contribution in [0.5, 0.6) is 0 Å². The highest BCUT2D eigenvalue weighted by Crippen LogP contribution is 2.05. The summed E-state index contributed by atoms with van der Waals surface area (Å²) in [5.74, 6) is 0. The van der Waals surface area contributed by atoms with E-state index < -0.39 is 0 Å². The van der Waals surface area contributed by atoms with Crippen molar-refractivity contribution in [2.45, 2.75) is 18.9 Å². The minimum Gasteiger partial charge on any atom is -0.383 e. The molecule has 1 saturated heterocycles. The molecule has 1 aliphatic heterocycles. The standard InChI is InChI=1S/C11H24N2O2/c1-13(7-10-14-2)6-5-12-11-3-8-15-9-4-11/h11-12H,3-10H2,1-2H3. The highest BCUT2D eigenvalue weighted by Gasteiger charge is 2.12. The van der Waals surface area contributed by atoms with Gasteiger partial charge in [0.25, 0.3) is 0 Å². The van der Waals surface area contributed by atoms with E-state index in [-0.39, 0.29) is 0 Å². The molecule has 90 valence electrons. The van der Waals surface area contributed by atoms with E-state index >= 15 is 0 Å². The molecule has 0 aromatic carbocycles. The Bertz CT molecular complexity index is 150. The van der Waals surface area contributed by atoms with Gasteiger partial charge in [0.05, 0.1) is 6.61 Å². The predicted octanol–water partition coefficient (Wildman–Crippen LogP) is 0.333. The molecule has 15 heavy (non-hydrogen) atoms. The fourth-order valence-corrected chi connectivity index (χ4v) is 1.72. The lowest BCUT2D eigenvalue weighted by Crippen LogP contribution is -2.39. The number of likely N-dealkylation sites (N-methyl/N-ethyl adjacent to an activating group) is 1. The van der Waals surface area contributed by atoms with Crippen molar-refractivity contribution in [3.63, 3.8) is 0 Å². The second-order valence-electron chi connectivity index (χ2n) is 4.14. The summed E-state index contributed by atoms with van der Waals surface area (Å²) in [4.78, 5) is 2.29. The second-order valence-corrected chi connectivity index (χ2v) is 4.14. The number of hydrogen-bond donors (Lipinski definition) is 1. The van der Waals surface area contributed by atoms with Crippen LogP contribution in [-0.4, -0.2) is 64.6 Å². The molecule has 1 heterocycles. The van der Waals surface area contributed by atoms with Crippen LogP contribution in [0.4, 0.5) is 0 Å². The number of ether oxygens (including phenoxy) is 2. The maximum absolute atomic E-state index is 5.31. The van der Waals surface area contributed by atoms with Crippen LogP contribution in [0.25, 0.3) is 0 Å². The van der Waals surface area contributed by atoms with Crippen LogP contribution < -0.4 is 5.32 Å². The van der Waals surface area contributed by atoms with Crippen LogP contribution in [0.2, 0.25) is 0 Å². The fraction of sp³-hybridized carbons (Fsp3) is 1.00. The van der Waals surface area contributed by atoms with Gasteiger partial charge >= 0.3 is 0 Å². The molecular weight excluding hydrogens is 192 g/mol. The van der Waals surface area contributed by atoms with Crippen molar-refractivity contribution >= 4 is 0 Å². The largest absolute Gasteiger partial charge is 0.383 e. The Labute approximate surface area is 92.9 Å². The molecule has 1 fully saturated rings. The van der Waals surface area contributed by atoms with Gasteiger partial charge < -0.3 is 19.7 Å². The molecule has 4 nitrogen and oxygen atoms in total. The van der Waals surface area contributed by atoms with Crippen molar-refractivity contribution in [2.75, 3.05) is 53.6 Å². The molecule has 0 aliphatic carbocycles. The first-order chi connectivity index (χ1) is 7.33. The smallest absolute Gasteiger partial charge is 0.0589 e. The normalized spacial score (nSPS) is 18.6. The van der Waals surface area contributed by atoms with E-state index in [1.54, 1.807) is 7.11 Å². The molecule has 0 radical (unpaired) electrons. The van der Waals surface area contributed by atoms with Crippen LogP contribution >= 0.6 is 0 Å². The van der Waals surface area contributed by atoms with Gasteiger partial charge in [-0.25, -0.2) is 0 Å². The minimum absolute atomic E-state index is 0.662. The van der Waals surface area contributed by atoms with Gasteiger partial charge in [-0.05, 0) is 19.9 Å². The lowest BCUT2D eigenvalue weighted by molar-refractivity contribution is 0.0771. The van der Waals surface area contributed by atoms with Crippen molar-refractivity contribution in [1.29, 1.82) is 0 Å². The summed E-state index contributed by atoms with van der Waals surface area (Å²) in [6.45, 7) is 5.79. The zero-order valence-corrected chi connectivity index (χ0v) is 10.00. The molecule has 1 aliphatic rings. The minimum atomic E-state index is 0.662. The van der Waals surface area contributed by atoms with Gasteiger partial charge in [0.15, 0.2) is 0 Å². The van der Waals surface area contributed by atoms with Gasteiger partial charge in [-0.2, -0.15) is 0 Å². The molecule has 0 bridgehead atoms. The topological polar surface area (TPSA) is 33.7 Å². The first-order valence-electron chi connectivity index (χ1n) is 5.81. The Morgan fingerprint density at radius 3 is 2.73 bits per heavy atom. The van der Waals surface area contributed by atoms with E-state index in [1.165, 1.54) is 0 Å². The third-order valence-corrected chi connectivity index (χ3v) is 2.82. The molecule has 0 saturated carbocycles. The van der Waals surface area contributed by atoms with E-state index in [9.17, 15) is 0 Å². The summed E-state index contributed by atoms with van der Waals surface area (Å²) >= 11 is 0. The molecule has 1 N–H and O–H groups in total.